The number of halogens is 1. The Bertz CT molecular complexity index is 510. The lowest BCUT2D eigenvalue weighted by Crippen LogP contribution is -3.00. The van der Waals surface area contributed by atoms with Gasteiger partial charge in [-0.15, -0.1) is 0 Å². The molecule has 0 aliphatic carbocycles. The molecule has 0 saturated carbocycles. The molecule has 0 aliphatic rings. The second-order valence-electron chi connectivity index (χ2n) is 4.96. The molecule has 112 valence electrons. The summed E-state index contributed by atoms with van der Waals surface area (Å²) >= 11 is 0. The van der Waals surface area contributed by atoms with Crippen molar-refractivity contribution < 1.29 is 21.7 Å². The Morgan fingerprint density at radius 2 is 1.90 bits per heavy atom. The number of rotatable bonds is 8. The van der Waals surface area contributed by atoms with Gasteiger partial charge < -0.3 is 17.1 Å². The van der Waals surface area contributed by atoms with Crippen molar-refractivity contribution in [3.8, 4) is 0 Å². The number of unbranched alkanes of at least 4 members (excludes halogenated alkanes) is 3. The van der Waals surface area contributed by atoms with Gasteiger partial charge in [0.1, 0.15) is 0 Å². The standard InChI is InChI=1S/C16H25N2O.ClH/c1-3-5-6-9-12-19-14-18-13-17(4-2)15-10-7-8-11-16(15)18;/h7-8,10-11,13H,3-6,9,12,14H2,1-2H3;1H/q+1;/p-1. The van der Waals surface area contributed by atoms with E-state index >= 15 is 0 Å². The maximum Gasteiger partial charge on any atom is 0.246 e. The number of para-hydroxylation sites is 2. The Kier molecular flexibility index (Phi) is 7.63. The summed E-state index contributed by atoms with van der Waals surface area (Å²) in [7, 11) is 0. The average molecular weight is 297 g/mol. The van der Waals surface area contributed by atoms with Crippen molar-refractivity contribution in [2.75, 3.05) is 6.61 Å². The van der Waals surface area contributed by atoms with Gasteiger partial charge in [0, 0.05) is 0 Å². The van der Waals surface area contributed by atoms with Crippen LogP contribution in [0.5, 0.6) is 0 Å². The van der Waals surface area contributed by atoms with E-state index in [-0.39, 0.29) is 12.4 Å². The minimum Gasteiger partial charge on any atom is -1.00 e. The van der Waals surface area contributed by atoms with E-state index in [0.717, 1.165) is 13.2 Å². The van der Waals surface area contributed by atoms with Crippen LogP contribution in [-0.4, -0.2) is 11.2 Å². The van der Waals surface area contributed by atoms with Crippen molar-refractivity contribution in [2.45, 2.75) is 52.8 Å². The topological polar surface area (TPSA) is 18.0 Å². The summed E-state index contributed by atoms with van der Waals surface area (Å²) < 4.78 is 10.2. The Balaban J connectivity index is 0.00000200. The number of fused-ring (bicyclic) bond motifs is 1. The van der Waals surface area contributed by atoms with E-state index in [0.29, 0.717) is 6.73 Å². The molecular weight excluding hydrogens is 272 g/mol. The quantitative estimate of drug-likeness (QED) is 0.513. The molecule has 0 unspecified atom stereocenters. The summed E-state index contributed by atoms with van der Waals surface area (Å²) in [5.41, 5.74) is 2.53. The fraction of sp³-hybridized carbons (Fsp3) is 0.562. The molecule has 1 aromatic heterocycles. The zero-order valence-electron chi connectivity index (χ0n) is 12.5. The van der Waals surface area contributed by atoms with Gasteiger partial charge in [-0.05, 0) is 25.5 Å². The summed E-state index contributed by atoms with van der Waals surface area (Å²) in [4.78, 5) is 0. The first-order chi connectivity index (χ1) is 9.36. The monoisotopic (exact) mass is 296 g/mol. The van der Waals surface area contributed by atoms with Gasteiger partial charge >= 0.3 is 0 Å². The molecule has 0 atom stereocenters. The van der Waals surface area contributed by atoms with E-state index in [1.807, 2.05) is 0 Å². The zero-order chi connectivity index (χ0) is 13.5. The van der Waals surface area contributed by atoms with E-state index in [1.54, 1.807) is 0 Å². The minimum absolute atomic E-state index is 0. The van der Waals surface area contributed by atoms with Crippen molar-refractivity contribution in [3.63, 3.8) is 0 Å². The molecule has 0 fully saturated rings. The third kappa shape index (κ3) is 4.22. The van der Waals surface area contributed by atoms with Crippen LogP contribution in [0.25, 0.3) is 11.0 Å². The van der Waals surface area contributed by atoms with Gasteiger partial charge in [-0.1, -0.05) is 38.3 Å². The van der Waals surface area contributed by atoms with Gasteiger partial charge in [0.05, 0.1) is 13.2 Å². The first kappa shape index (κ1) is 17.0. The zero-order valence-corrected chi connectivity index (χ0v) is 13.3. The minimum atomic E-state index is 0. The molecule has 0 N–H and O–H groups in total. The SMILES string of the molecule is CCCCCCOC[n+]1cn(CC)c2ccccc21.[Cl-]. The third-order valence-corrected chi connectivity index (χ3v) is 3.49. The Labute approximate surface area is 128 Å². The van der Waals surface area contributed by atoms with Crippen LogP contribution in [-0.2, 0) is 18.0 Å². The van der Waals surface area contributed by atoms with Gasteiger partial charge in [0.25, 0.3) is 0 Å². The van der Waals surface area contributed by atoms with Crippen molar-refractivity contribution in [1.29, 1.82) is 0 Å². The van der Waals surface area contributed by atoms with Gasteiger partial charge in [-0.2, -0.15) is 0 Å². The number of hydrogen-bond acceptors (Lipinski definition) is 1. The van der Waals surface area contributed by atoms with E-state index < -0.39 is 0 Å². The first-order valence-electron chi connectivity index (χ1n) is 7.41. The first-order valence-corrected chi connectivity index (χ1v) is 7.41. The maximum absolute atomic E-state index is 5.78. The summed E-state index contributed by atoms with van der Waals surface area (Å²) in [5.74, 6) is 0. The van der Waals surface area contributed by atoms with Crippen LogP contribution in [0.3, 0.4) is 0 Å². The van der Waals surface area contributed by atoms with Crippen molar-refractivity contribution in [1.82, 2.24) is 4.57 Å². The van der Waals surface area contributed by atoms with Crippen molar-refractivity contribution in [3.05, 3.63) is 30.6 Å². The molecule has 1 heterocycles. The van der Waals surface area contributed by atoms with Gasteiger partial charge in [0.15, 0.2) is 17.8 Å². The molecular formula is C16H25ClN2O. The van der Waals surface area contributed by atoms with Gasteiger partial charge in [-0.25, -0.2) is 9.13 Å². The molecule has 0 aliphatic heterocycles. The fourth-order valence-corrected chi connectivity index (χ4v) is 2.39. The molecule has 0 saturated heterocycles. The number of aryl methyl sites for hydroxylation is 1. The molecule has 0 amide bonds. The lowest BCUT2D eigenvalue weighted by Gasteiger charge is -2.01. The summed E-state index contributed by atoms with van der Waals surface area (Å²) in [6.07, 6.45) is 7.18. The molecule has 2 aromatic rings. The number of hydrogen-bond donors (Lipinski definition) is 0. The second kappa shape index (κ2) is 8.98. The van der Waals surface area contributed by atoms with Crippen LogP contribution in [0.15, 0.2) is 30.6 Å². The molecule has 1 aromatic carbocycles. The number of ether oxygens (including phenoxy) is 1. The second-order valence-corrected chi connectivity index (χ2v) is 4.96. The van der Waals surface area contributed by atoms with E-state index in [2.05, 4.69) is 53.6 Å². The van der Waals surface area contributed by atoms with Crippen molar-refractivity contribution >= 4 is 11.0 Å². The summed E-state index contributed by atoms with van der Waals surface area (Å²) in [6.45, 7) is 6.90. The van der Waals surface area contributed by atoms with Crippen LogP contribution >= 0.6 is 0 Å². The largest absolute Gasteiger partial charge is 1.00 e. The number of imidazole rings is 1. The highest BCUT2D eigenvalue weighted by molar-refractivity contribution is 5.71. The van der Waals surface area contributed by atoms with Crippen LogP contribution in [0.2, 0.25) is 0 Å². The Hall–Kier alpha value is -1.06. The lowest BCUT2D eigenvalue weighted by molar-refractivity contribution is -0.710. The predicted octanol–water partition coefficient (Wildman–Crippen LogP) is 0.507. The fourth-order valence-electron chi connectivity index (χ4n) is 2.39. The van der Waals surface area contributed by atoms with Gasteiger partial charge in [-0.3, -0.25) is 0 Å². The molecule has 0 bridgehead atoms. The van der Waals surface area contributed by atoms with E-state index in [1.165, 1.54) is 36.7 Å². The number of benzene rings is 1. The number of aromatic nitrogens is 2. The molecule has 0 spiro atoms. The van der Waals surface area contributed by atoms with E-state index in [9.17, 15) is 0 Å². The summed E-state index contributed by atoms with van der Waals surface area (Å²) in [6, 6.07) is 8.49. The van der Waals surface area contributed by atoms with Crippen LogP contribution < -0.4 is 17.0 Å². The molecule has 20 heavy (non-hydrogen) atoms. The molecule has 0 radical (unpaired) electrons. The highest BCUT2D eigenvalue weighted by atomic mass is 35.5. The van der Waals surface area contributed by atoms with Crippen LogP contribution in [0.4, 0.5) is 0 Å². The van der Waals surface area contributed by atoms with E-state index in [4.69, 9.17) is 4.74 Å². The average Bonchev–Trinajstić information content (AvgIpc) is 2.81. The Morgan fingerprint density at radius 1 is 1.10 bits per heavy atom. The Morgan fingerprint density at radius 3 is 2.65 bits per heavy atom. The van der Waals surface area contributed by atoms with Crippen molar-refractivity contribution in [2.24, 2.45) is 0 Å². The van der Waals surface area contributed by atoms with Crippen LogP contribution in [0, 0.1) is 0 Å². The molecule has 3 nitrogen and oxygen atoms in total. The normalized spacial score (nSPS) is 10.7. The maximum atomic E-state index is 5.78. The predicted molar refractivity (Wildman–Crippen MR) is 77.9 cm³/mol. The molecule has 4 heteroatoms. The highest BCUT2D eigenvalue weighted by Gasteiger charge is 2.13. The summed E-state index contributed by atoms with van der Waals surface area (Å²) in [5, 5.41) is 0. The van der Waals surface area contributed by atoms with Crippen LogP contribution in [0.1, 0.15) is 39.5 Å². The highest BCUT2D eigenvalue weighted by Crippen LogP contribution is 2.10. The third-order valence-electron chi connectivity index (χ3n) is 3.49. The number of nitrogens with zero attached hydrogens (tertiary/aromatic N) is 2. The molecule has 2 rings (SSSR count). The van der Waals surface area contributed by atoms with Gasteiger partial charge in [0.2, 0.25) is 6.33 Å². The lowest BCUT2D eigenvalue weighted by atomic mass is 10.2. The smallest absolute Gasteiger partial charge is 0.246 e.